The van der Waals surface area contributed by atoms with Gasteiger partial charge in [0, 0.05) is 13.1 Å². The van der Waals surface area contributed by atoms with Crippen molar-refractivity contribution in [3.8, 4) is 0 Å². The van der Waals surface area contributed by atoms with Gasteiger partial charge in [-0.1, -0.05) is 79.1 Å². The summed E-state index contributed by atoms with van der Waals surface area (Å²) in [6.07, 6.45) is 11.5. The summed E-state index contributed by atoms with van der Waals surface area (Å²) in [7, 11) is 0. The predicted octanol–water partition coefficient (Wildman–Crippen LogP) is 5.52. The van der Waals surface area contributed by atoms with Crippen LogP contribution in [-0.2, 0) is 9.59 Å². The molecule has 0 radical (unpaired) electrons. The van der Waals surface area contributed by atoms with Crippen LogP contribution in [0.25, 0.3) is 0 Å². The normalized spacial score (nSPS) is 17.1. The van der Waals surface area contributed by atoms with E-state index in [1.54, 1.807) is 0 Å². The number of hydrogen-bond donors (Lipinski definition) is 0. The average Bonchev–Trinajstić information content (AvgIpc) is 2.67. The van der Waals surface area contributed by atoms with Gasteiger partial charge in [0.25, 0.3) is 0 Å². The molecule has 0 aliphatic carbocycles. The highest BCUT2D eigenvalue weighted by molar-refractivity contribution is 6.19. The molecule has 0 aromatic rings. The molecular formula is C22H40N2O3. The Morgan fingerprint density at radius 3 is 1.30 bits per heavy atom. The fourth-order valence-electron chi connectivity index (χ4n) is 3.92. The lowest BCUT2D eigenvalue weighted by molar-refractivity contribution is -0.159. The largest absolute Gasteiger partial charge is 0.333 e. The van der Waals surface area contributed by atoms with Crippen LogP contribution in [0.5, 0.6) is 0 Å². The second-order valence-corrected chi connectivity index (χ2v) is 7.81. The first-order valence-electron chi connectivity index (χ1n) is 11.2. The van der Waals surface area contributed by atoms with Crippen molar-refractivity contribution in [1.29, 1.82) is 0 Å². The van der Waals surface area contributed by atoms with E-state index in [9.17, 15) is 14.4 Å². The fraction of sp³-hybridized carbons (Fsp3) is 0.864. The zero-order valence-electron chi connectivity index (χ0n) is 18.0. The summed E-state index contributed by atoms with van der Waals surface area (Å²) in [5.74, 6) is -0.555. The number of rotatable bonds is 14. The second-order valence-electron chi connectivity index (χ2n) is 7.81. The van der Waals surface area contributed by atoms with Gasteiger partial charge >= 0.3 is 6.03 Å². The van der Waals surface area contributed by atoms with Gasteiger partial charge in [0.05, 0.1) is 0 Å². The molecule has 0 spiro atoms. The van der Waals surface area contributed by atoms with Crippen LogP contribution in [0.3, 0.4) is 0 Å². The van der Waals surface area contributed by atoms with Crippen LogP contribution in [0.4, 0.5) is 4.79 Å². The van der Waals surface area contributed by atoms with Crippen molar-refractivity contribution < 1.29 is 14.4 Å². The molecule has 0 N–H and O–H groups in total. The fourth-order valence-corrected chi connectivity index (χ4v) is 3.92. The zero-order valence-corrected chi connectivity index (χ0v) is 18.0. The minimum atomic E-state index is -1.05. The monoisotopic (exact) mass is 380 g/mol. The van der Waals surface area contributed by atoms with E-state index in [0.29, 0.717) is 25.9 Å². The Bertz CT molecular complexity index is 448. The van der Waals surface area contributed by atoms with Crippen molar-refractivity contribution >= 4 is 17.8 Å². The minimum Gasteiger partial charge on any atom is -0.273 e. The molecule has 1 aliphatic heterocycles. The van der Waals surface area contributed by atoms with Crippen LogP contribution in [0.15, 0.2) is 0 Å². The molecule has 1 rings (SSSR count). The van der Waals surface area contributed by atoms with Crippen LogP contribution in [0.1, 0.15) is 105 Å². The summed E-state index contributed by atoms with van der Waals surface area (Å²) in [5.41, 5.74) is -1.05. The van der Waals surface area contributed by atoms with Crippen LogP contribution >= 0.6 is 0 Å². The molecule has 156 valence electrons. The number of urea groups is 1. The van der Waals surface area contributed by atoms with Gasteiger partial charge in [-0.2, -0.15) is 0 Å². The van der Waals surface area contributed by atoms with Gasteiger partial charge in [0.2, 0.25) is 11.8 Å². The molecule has 1 fully saturated rings. The van der Waals surface area contributed by atoms with E-state index in [1.165, 1.54) is 22.6 Å². The molecule has 5 heteroatoms. The van der Waals surface area contributed by atoms with Gasteiger partial charge < -0.3 is 0 Å². The predicted molar refractivity (Wildman–Crippen MR) is 109 cm³/mol. The Morgan fingerprint density at radius 1 is 0.593 bits per heavy atom. The first kappa shape index (κ1) is 23.6. The Balaban J connectivity index is 2.84. The first-order chi connectivity index (χ1) is 13.0. The van der Waals surface area contributed by atoms with Crippen LogP contribution in [0, 0.1) is 5.41 Å². The van der Waals surface area contributed by atoms with Gasteiger partial charge in [-0.3, -0.25) is 19.4 Å². The summed E-state index contributed by atoms with van der Waals surface area (Å²) < 4.78 is 0. The summed E-state index contributed by atoms with van der Waals surface area (Å²) in [5, 5.41) is 0. The maximum Gasteiger partial charge on any atom is 0.333 e. The van der Waals surface area contributed by atoms with E-state index in [-0.39, 0.29) is 11.8 Å². The lowest BCUT2D eigenvalue weighted by Gasteiger charge is -2.43. The Hall–Kier alpha value is -1.39. The number of amides is 4. The highest BCUT2D eigenvalue weighted by Gasteiger charge is 2.54. The Morgan fingerprint density at radius 2 is 0.963 bits per heavy atom. The number of unbranched alkanes of at least 4 members (excludes halogenated alkanes) is 8. The van der Waals surface area contributed by atoms with Crippen LogP contribution in [0.2, 0.25) is 0 Å². The van der Waals surface area contributed by atoms with Crippen molar-refractivity contribution in [3.05, 3.63) is 0 Å². The number of imide groups is 2. The number of barbiturate groups is 1. The molecule has 4 amide bonds. The molecule has 0 bridgehead atoms. The summed E-state index contributed by atoms with van der Waals surface area (Å²) in [6.45, 7) is 8.96. The lowest BCUT2D eigenvalue weighted by Crippen LogP contribution is -2.65. The average molecular weight is 381 g/mol. The number of carbonyl (C=O) groups excluding carboxylic acids is 3. The molecule has 0 atom stereocenters. The molecular weight excluding hydrogens is 340 g/mol. The van der Waals surface area contributed by atoms with E-state index >= 15 is 0 Å². The van der Waals surface area contributed by atoms with Gasteiger partial charge in [-0.05, 0) is 25.7 Å². The molecule has 0 unspecified atom stereocenters. The van der Waals surface area contributed by atoms with Gasteiger partial charge in [-0.15, -0.1) is 0 Å². The van der Waals surface area contributed by atoms with E-state index < -0.39 is 11.4 Å². The Kier molecular flexibility index (Phi) is 10.6. The third-order valence-corrected chi connectivity index (χ3v) is 5.95. The van der Waals surface area contributed by atoms with Crippen molar-refractivity contribution in [3.63, 3.8) is 0 Å². The van der Waals surface area contributed by atoms with Crippen molar-refractivity contribution in [2.45, 2.75) is 105 Å². The van der Waals surface area contributed by atoms with E-state index in [1.807, 2.05) is 13.8 Å². The first-order valence-corrected chi connectivity index (χ1v) is 11.2. The topological polar surface area (TPSA) is 57.7 Å². The zero-order chi connectivity index (χ0) is 20.3. The minimum absolute atomic E-state index is 0.278. The number of nitrogens with zero attached hydrogens (tertiary/aromatic N) is 2. The highest BCUT2D eigenvalue weighted by Crippen LogP contribution is 2.36. The summed E-state index contributed by atoms with van der Waals surface area (Å²) >= 11 is 0. The quantitative estimate of drug-likeness (QED) is 0.294. The molecule has 27 heavy (non-hydrogen) atoms. The summed E-state index contributed by atoms with van der Waals surface area (Å²) in [6, 6.07) is -0.395. The maximum atomic E-state index is 13.1. The van der Waals surface area contributed by atoms with E-state index in [2.05, 4.69) is 13.8 Å². The van der Waals surface area contributed by atoms with Crippen molar-refractivity contribution in [1.82, 2.24) is 9.80 Å². The van der Waals surface area contributed by atoms with Crippen LogP contribution < -0.4 is 0 Å². The molecule has 0 aromatic heterocycles. The second kappa shape index (κ2) is 12.1. The molecule has 1 saturated heterocycles. The van der Waals surface area contributed by atoms with Crippen LogP contribution in [-0.4, -0.2) is 40.7 Å². The van der Waals surface area contributed by atoms with E-state index in [4.69, 9.17) is 0 Å². The summed E-state index contributed by atoms with van der Waals surface area (Å²) in [4.78, 5) is 41.8. The molecule has 1 aliphatic rings. The standard InChI is InChI=1S/C22H40N2O3/c1-5-9-11-13-15-17-23-19(25)22(7-3,8-4)20(26)24(21(23)27)18-16-14-12-10-6-2/h5-18H2,1-4H3. The molecule has 1 heterocycles. The number of hydrogen-bond acceptors (Lipinski definition) is 3. The third kappa shape index (κ3) is 5.79. The molecule has 0 aromatic carbocycles. The Labute approximate surface area is 165 Å². The molecule has 5 nitrogen and oxygen atoms in total. The van der Waals surface area contributed by atoms with E-state index in [0.717, 1.165) is 51.4 Å². The molecule has 0 saturated carbocycles. The lowest BCUT2D eigenvalue weighted by atomic mass is 9.78. The number of carbonyl (C=O) groups is 3. The SMILES string of the molecule is CCCCCCCN1C(=O)N(CCCCCCC)C(=O)C(CC)(CC)C1=O. The highest BCUT2D eigenvalue weighted by atomic mass is 16.2. The maximum absolute atomic E-state index is 13.1. The smallest absolute Gasteiger partial charge is 0.273 e. The van der Waals surface area contributed by atoms with Gasteiger partial charge in [0.1, 0.15) is 5.41 Å². The van der Waals surface area contributed by atoms with Gasteiger partial charge in [-0.25, -0.2) is 4.79 Å². The van der Waals surface area contributed by atoms with Crippen molar-refractivity contribution in [2.24, 2.45) is 5.41 Å². The third-order valence-electron chi connectivity index (χ3n) is 5.95. The van der Waals surface area contributed by atoms with Gasteiger partial charge in [0.15, 0.2) is 0 Å². The van der Waals surface area contributed by atoms with Crippen molar-refractivity contribution in [2.75, 3.05) is 13.1 Å².